The van der Waals surface area contributed by atoms with Crippen LogP contribution in [0.3, 0.4) is 0 Å². The van der Waals surface area contributed by atoms with Crippen molar-refractivity contribution in [1.29, 1.82) is 0 Å². The molecule has 15 heavy (non-hydrogen) atoms. The molecule has 0 atom stereocenters. The maximum atomic E-state index is 12.8. The smallest absolute Gasteiger partial charge is 0.251 e. The van der Waals surface area contributed by atoms with Crippen molar-refractivity contribution < 1.29 is 13.6 Å². The van der Waals surface area contributed by atoms with E-state index in [-0.39, 0.29) is 5.56 Å². The molecule has 0 aliphatic rings. The maximum absolute atomic E-state index is 12.8. The number of amides is 1. The van der Waals surface area contributed by atoms with Crippen LogP contribution >= 0.6 is 0 Å². The Bertz CT molecular complexity index is 402. The van der Waals surface area contributed by atoms with Crippen molar-refractivity contribution in [2.45, 2.75) is 6.92 Å². The van der Waals surface area contributed by atoms with Crippen molar-refractivity contribution in [2.24, 2.45) is 0 Å². The maximum Gasteiger partial charge on any atom is 0.251 e. The zero-order chi connectivity index (χ0) is 11.4. The van der Waals surface area contributed by atoms with Gasteiger partial charge in [-0.1, -0.05) is 12.2 Å². The molecular weight excluding hydrogens is 200 g/mol. The van der Waals surface area contributed by atoms with Crippen LogP contribution in [0.4, 0.5) is 8.78 Å². The van der Waals surface area contributed by atoms with E-state index in [1.807, 2.05) is 0 Å². The molecule has 1 rings (SSSR count). The summed E-state index contributed by atoms with van der Waals surface area (Å²) in [6, 6.07) is 3.01. The largest absolute Gasteiger partial charge is 0.348 e. The lowest BCUT2D eigenvalue weighted by Crippen LogP contribution is -2.24. The van der Waals surface area contributed by atoms with Gasteiger partial charge < -0.3 is 5.32 Å². The van der Waals surface area contributed by atoms with Crippen LogP contribution in [0.2, 0.25) is 0 Å². The second-order valence-corrected chi connectivity index (χ2v) is 3.27. The fourth-order valence-corrected chi connectivity index (χ4v) is 0.971. The molecule has 0 heterocycles. The summed E-state index contributed by atoms with van der Waals surface area (Å²) < 4.78 is 25.3. The predicted molar refractivity (Wildman–Crippen MR) is 53.5 cm³/mol. The van der Waals surface area contributed by atoms with Gasteiger partial charge in [-0.15, -0.1) is 0 Å². The number of carbonyl (C=O) groups is 1. The van der Waals surface area contributed by atoms with E-state index in [1.54, 1.807) is 6.92 Å². The first-order valence-corrected chi connectivity index (χ1v) is 4.38. The molecule has 1 N–H and O–H groups in total. The van der Waals surface area contributed by atoms with Gasteiger partial charge in [-0.3, -0.25) is 4.79 Å². The van der Waals surface area contributed by atoms with Gasteiger partial charge in [-0.05, 0) is 25.1 Å². The Morgan fingerprint density at radius 3 is 2.60 bits per heavy atom. The minimum atomic E-state index is -1.03. The highest BCUT2D eigenvalue weighted by Crippen LogP contribution is 2.08. The van der Waals surface area contributed by atoms with Crippen molar-refractivity contribution in [3.63, 3.8) is 0 Å². The number of benzene rings is 1. The number of nitrogens with one attached hydrogen (secondary N) is 1. The molecule has 1 aromatic rings. The Morgan fingerprint density at radius 2 is 2.07 bits per heavy atom. The average Bonchev–Trinajstić information content (AvgIpc) is 2.18. The monoisotopic (exact) mass is 211 g/mol. The molecule has 0 bridgehead atoms. The Morgan fingerprint density at radius 1 is 1.40 bits per heavy atom. The Balaban J connectivity index is 2.74. The molecule has 80 valence electrons. The van der Waals surface area contributed by atoms with E-state index >= 15 is 0 Å². The molecule has 1 aromatic carbocycles. The minimum absolute atomic E-state index is 0.0927. The highest BCUT2D eigenvalue weighted by molar-refractivity contribution is 5.94. The molecule has 0 unspecified atom stereocenters. The van der Waals surface area contributed by atoms with Gasteiger partial charge in [-0.25, -0.2) is 8.78 Å². The molecule has 0 aromatic heterocycles. The molecule has 0 saturated carbocycles. The summed E-state index contributed by atoms with van der Waals surface area (Å²) >= 11 is 0. The van der Waals surface area contributed by atoms with Gasteiger partial charge in [0.05, 0.1) is 0 Å². The topological polar surface area (TPSA) is 29.1 Å². The summed E-state index contributed by atoms with van der Waals surface area (Å²) in [6.45, 7) is 5.68. The molecule has 0 saturated heterocycles. The Kier molecular flexibility index (Phi) is 3.55. The molecule has 1 amide bonds. The quantitative estimate of drug-likeness (QED) is 0.763. The Hall–Kier alpha value is -1.71. The van der Waals surface area contributed by atoms with E-state index in [4.69, 9.17) is 0 Å². The van der Waals surface area contributed by atoms with E-state index in [1.165, 1.54) is 6.07 Å². The molecular formula is C11H11F2NO. The Labute approximate surface area is 86.6 Å². The van der Waals surface area contributed by atoms with Crippen LogP contribution in [0.5, 0.6) is 0 Å². The fraction of sp³-hybridized carbons (Fsp3) is 0.182. The summed E-state index contributed by atoms with van der Waals surface area (Å²) in [5.74, 6) is -2.44. The van der Waals surface area contributed by atoms with Gasteiger partial charge in [0.1, 0.15) is 0 Å². The van der Waals surface area contributed by atoms with Gasteiger partial charge in [0.15, 0.2) is 11.6 Å². The molecule has 4 heteroatoms. The molecule has 0 aliphatic heterocycles. The highest BCUT2D eigenvalue weighted by Gasteiger charge is 2.08. The molecule has 0 fully saturated rings. The van der Waals surface area contributed by atoms with Crippen LogP contribution in [0.25, 0.3) is 0 Å². The van der Waals surface area contributed by atoms with Crippen molar-refractivity contribution in [3.8, 4) is 0 Å². The average molecular weight is 211 g/mol. The van der Waals surface area contributed by atoms with Crippen LogP contribution in [0.15, 0.2) is 30.4 Å². The third-order valence-electron chi connectivity index (χ3n) is 1.73. The van der Waals surface area contributed by atoms with Gasteiger partial charge in [0, 0.05) is 12.1 Å². The van der Waals surface area contributed by atoms with E-state index in [0.29, 0.717) is 6.54 Å². The first-order valence-electron chi connectivity index (χ1n) is 4.38. The van der Waals surface area contributed by atoms with Gasteiger partial charge >= 0.3 is 0 Å². The third kappa shape index (κ3) is 3.16. The van der Waals surface area contributed by atoms with Gasteiger partial charge in [-0.2, -0.15) is 0 Å². The lowest BCUT2D eigenvalue weighted by atomic mass is 10.2. The van der Waals surface area contributed by atoms with Crippen LogP contribution in [0.1, 0.15) is 17.3 Å². The zero-order valence-electron chi connectivity index (χ0n) is 8.31. The highest BCUT2D eigenvalue weighted by atomic mass is 19.2. The normalized spacial score (nSPS) is 9.80. The standard InChI is InChI=1S/C11H11F2NO/c1-7(2)6-14-11(15)8-3-4-9(12)10(13)5-8/h3-5H,1,6H2,2H3,(H,14,15). The minimum Gasteiger partial charge on any atom is -0.348 e. The van der Waals surface area contributed by atoms with E-state index in [9.17, 15) is 13.6 Å². The van der Waals surface area contributed by atoms with Crippen molar-refractivity contribution >= 4 is 5.91 Å². The predicted octanol–water partition coefficient (Wildman–Crippen LogP) is 2.27. The molecule has 0 aliphatic carbocycles. The van der Waals surface area contributed by atoms with E-state index in [2.05, 4.69) is 11.9 Å². The van der Waals surface area contributed by atoms with Gasteiger partial charge in [0.2, 0.25) is 0 Å². The fourth-order valence-electron chi connectivity index (χ4n) is 0.971. The third-order valence-corrected chi connectivity index (χ3v) is 1.73. The van der Waals surface area contributed by atoms with Crippen LogP contribution in [0, 0.1) is 11.6 Å². The molecule has 0 radical (unpaired) electrons. The number of halogens is 2. The summed E-state index contributed by atoms with van der Waals surface area (Å²) in [4.78, 5) is 11.4. The molecule has 2 nitrogen and oxygen atoms in total. The zero-order valence-corrected chi connectivity index (χ0v) is 8.31. The van der Waals surface area contributed by atoms with Crippen molar-refractivity contribution in [2.75, 3.05) is 6.54 Å². The lowest BCUT2D eigenvalue weighted by molar-refractivity contribution is 0.0956. The first-order chi connectivity index (χ1) is 7.00. The summed E-state index contributed by atoms with van der Waals surface area (Å²) in [7, 11) is 0. The number of hydrogen-bond donors (Lipinski definition) is 1. The number of hydrogen-bond acceptors (Lipinski definition) is 1. The second kappa shape index (κ2) is 4.68. The lowest BCUT2D eigenvalue weighted by Gasteiger charge is -2.04. The SMILES string of the molecule is C=C(C)CNC(=O)c1ccc(F)c(F)c1. The van der Waals surface area contributed by atoms with Crippen LogP contribution in [-0.2, 0) is 0 Å². The van der Waals surface area contributed by atoms with Crippen LogP contribution in [-0.4, -0.2) is 12.5 Å². The summed E-state index contributed by atoms with van der Waals surface area (Å²) in [6.07, 6.45) is 0. The summed E-state index contributed by atoms with van der Waals surface area (Å²) in [5, 5.41) is 2.52. The van der Waals surface area contributed by atoms with E-state index < -0.39 is 17.5 Å². The summed E-state index contributed by atoms with van der Waals surface area (Å²) in [5.41, 5.74) is 0.876. The second-order valence-electron chi connectivity index (χ2n) is 3.27. The van der Waals surface area contributed by atoms with Crippen molar-refractivity contribution in [1.82, 2.24) is 5.32 Å². The van der Waals surface area contributed by atoms with E-state index in [0.717, 1.165) is 17.7 Å². The van der Waals surface area contributed by atoms with Crippen LogP contribution < -0.4 is 5.32 Å². The molecule has 0 spiro atoms. The number of rotatable bonds is 3. The first kappa shape index (κ1) is 11.4. The van der Waals surface area contributed by atoms with Crippen molar-refractivity contribution in [3.05, 3.63) is 47.5 Å². The van der Waals surface area contributed by atoms with Gasteiger partial charge in [0.25, 0.3) is 5.91 Å². The number of carbonyl (C=O) groups excluding carboxylic acids is 1.